The zero-order chi connectivity index (χ0) is 21.8. The van der Waals surface area contributed by atoms with E-state index in [1.54, 1.807) is 48.5 Å². The molecule has 0 atom stereocenters. The summed E-state index contributed by atoms with van der Waals surface area (Å²) in [6, 6.07) is 23.9. The second-order valence-electron chi connectivity index (χ2n) is 6.82. The molecule has 5 heteroatoms. The number of rotatable bonds is 6. The van der Waals surface area contributed by atoms with Gasteiger partial charge in [-0.25, -0.2) is 8.78 Å². The van der Waals surface area contributed by atoms with Gasteiger partial charge >= 0.3 is 0 Å². The lowest BCUT2D eigenvalue weighted by Gasteiger charge is -2.08. The average Bonchev–Trinajstić information content (AvgIpc) is 2.80. The third kappa shape index (κ3) is 4.73. The summed E-state index contributed by atoms with van der Waals surface area (Å²) in [6.07, 6.45) is 0. The van der Waals surface area contributed by atoms with Crippen molar-refractivity contribution in [2.45, 2.75) is 0 Å². The second kappa shape index (κ2) is 8.71. The Bertz CT molecular complexity index is 1110. The van der Waals surface area contributed by atoms with E-state index in [0.717, 1.165) is 0 Å². The van der Waals surface area contributed by atoms with E-state index >= 15 is 0 Å². The molecule has 0 bridgehead atoms. The minimum atomic E-state index is -0.398. The number of hydrogen-bond donors (Lipinski definition) is 0. The fourth-order valence-corrected chi connectivity index (χ4v) is 3.02. The molecule has 0 aliphatic heterocycles. The summed E-state index contributed by atoms with van der Waals surface area (Å²) in [5, 5.41) is 0. The number of halogens is 2. The quantitative estimate of drug-likeness (QED) is 0.352. The highest BCUT2D eigenvalue weighted by molar-refractivity contribution is 6.09. The van der Waals surface area contributed by atoms with Crippen molar-refractivity contribution in [3.8, 4) is 11.5 Å². The van der Waals surface area contributed by atoms with E-state index in [9.17, 15) is 18.4 Å². The van der Waals surface area contributed by atoms with Crippen LogP contribution < -0.4 is 4.74 Å². The average molecular weight is 414 g/mol. The lowest BCUT2D eigenvalue weighted by atomic mass is 10.0. The van der Waals surface area contributed by atoms with Gasteiger partial charge in [0.2, 0.25) is 0 Å². The van der Waals surface area contributed by atoms with Crippen LogP contribution in [-0.2, 0) is 0 Å². The number of carbonyl (C=O) groups excluding carboxylic acids is 2. The van der Waals surface area contributed by atoms with Crippen LogP contribution in [0.1, 0.15) is 31.8 Å². The van der Waals surface area contributed by atoms with Gasteiger partial charge in [-0.15, -0.1) is 0 Å². The molecule has 152 valence electrons. The summed E-state index contributed by atoms with van der Waals surface area (Å²) in [5.74, 6) is -0.177. The normalized spacial score (nSPS) is 10.5. The lowest BCUT2D eigenvalue weighted by Crippen LogP contribution is -2.01. The molecule has 0 amide bonds. The van der Waals surface area contributed by atoms with Gasteiger partial charge in [0.05, 0.1) is 0 Å². The molecule has 3 nitrogen and oxygen atoms in total. The van der Waals surface area contributed by atoms with Crippen molar-refractivity contribution >= 4 is 11.6 Å². The van der Waals surface area contributed by atoms with Crippen LogP contribution in [0.2, 0.25) is 0 Å². The molecule has 0 saturated heterocycles. The predicted molar refractivity (Wildman–Crippen MR) is 113 cm³/mol. The molecule has 0 spiro atoms. The molecule has 4 aromatic rings. The number of ketones is 2. The molecule has 0 saturated carbocycles. The van der Waals surface area contributed by atoms with Crippen LogP contribution >= 0.6 is 0 Å². The molecule has 0 aliphatic carbocycles. The first-order valence-electron chi connectivity index (χ1n) is 9.48. The minimum absolute atomic E-state index is 0.213. The largest absolute Gasteiger partial charge is 0.457 e. The Balaban J connectivity index is 1.43. The van der Waals surface area contributed by atoms with Crippen molar-refractivity contribution in [2.24, 2.45) is 0 Å². The first-order chi connectivity index (χ1) is 15.0. The number of hydrogen-bond acceptors (Lipinski definition) is 3. The van der Waals surface area contributed by atoms with Crippen LogP contribution in [0.4, 0.5) is 8.78 Å². The Labute approximate surface area is 177 Å². The molecule has 0 heterocycles. The number of ether oxygens (including phenoxy) is 1. The van der Waals surface area contributed by atoms with Crippen molar-refractivity contribution in [2.75, 3.05) is 0 Å². The van der Waals surface area contributed by atoms with Crippen LogP contribution in [0.25, 0.3) is 0 Å². The minimum Gasteiger partial charge on any atom is -0.457 e. The topological polar surface area (TPSA) is 43.4 Å². The summed E-state index contributed by atoms with van der Waals surface area (Å²) < 4.78 is 31.8. The van der Waals surface area contributed by atoms with Crippen LogP contribution in [0.3, 0.4) is 0 Å². The summed E-state index contributed by atoms with van der Waals surface area (Å²) in [7, 11) is 0. The van der Waals surface area contributed by atoms with E-state index in [1.165, 1.54) is 48.5 Å². The van der Waals surface area contributed by atoms with Crippen molar-refractivity contribution in [1.82, 2.24) is 0 Å². The highest BCUT2D eigenvalue weighted by atomic mass is 19.1. The van der Waals surface area contributed by atoms with Crippen LogP contribution in [0.5, 0.6) is 11.5 Å². The maximum atomic E-state index is 13.0. The Morgan fingerprint density at radius 2 is 0.710 bits per heavy atom. The summed E-state index contributed by atoms with van der Waals surface area (Å²) in [6.45, 7) is 0. The smallest absolute Gasteiger partial charge is 0.193 e. The summed E-state index contributed by atoms with van der Waals surface area (Å²) in [4.78, 5) is 24.9. The Morgan fingerprint density at radius 3 is 1.00 bits per heavy atom. The molecule has 0 N–H and O–H groups in total. The van der Waals surface area contributed by atoms with Gasteiger partial charge in [-0.2, -0.15) is 0 Å². The zero-order valence-corrected chi connectivity index (χ0v) is 16.2. The van der Waals surface area contributed by atoms with Gasteiger partial charge in [0.25, 0.3) is 0 Å². The van der Waals surface area contributed by atoms with Gasteiger partial charge in [0.1, 0.15) is 23.1 Å². The highest BCUT2D eigenvalue weighted by Crippen LogP contribution is 2.24. The van der Waals surface area contributed by atoms with E-state index in [-0.39, 0.29) is 11.6 Å². The lowest BCUT2D eigenvalue weighted by molar-refractivity contribution is 0.103. The Morgan fingerprint density at radius 1 is 0.452 bits per heavy atom. The van der Waals surface area contributed by atoms with Gasteiger partial charge in [0, 0.05) is 22.3 Å². The molecular formula is C26H16F2O3. The molecule has 4 aromatic carbocycles. The molecule has 0 aliphatic rings. The third-order valence-corrected chi connectivity index (χ3v) is 4.68. The molecular weight excluding hydrogens is 398 g/mol. The molecule has 0 radical (unpaired) electrons. The van der Waals surface area contributed by atoms with E-state index < -0.39 is 11.6 Å². The van der Waals surface area contributed by atoms with Crippen LogP contribution in [-0.4, -0.2) is 11.6 Å². The van der Waals surface area contributed by atoms with Crippen molar-refractivity contribution in [3.05, 3.63) is 131 Å². The standard InChI is InChI=1S/C26H16F2O3/c27-21-9-1-17(2-10-21)25(29)19-5-13-23(14-6-19)31-24-15-7-20(8-16-24)26(30)18-3-11-22(28)12-4-18/h1-16H. The second-order valence-corrected chi connectivity index (χ2v) is 6.82. The third-order valence-electron chi connectivity index (χ3n) is 4.68. The fraction of sp³-hybridized carbons (Fsp3) is 0. The predicted octanol–water partition coefficient (Wildman–Crippen LogP) is 6.22. The first kappa shape index (κ1) is 20.2. The fourth-order valence-electron chi connectivity index (χ4n) is 3.02. The van der Waals surface area contributed by atoms with Crippen molar-refractivity contribution in [3.63, 3.8) is 0 Å². The SMILES string of the molecule is O=C(c1ccc(F)cc1)c1ccc(Oc2ccc(C(=O)c3ccc(F)cc3)cc2)cc1. The molecule has 4 rings (SSSR count). The molecule has 0 aromatic heterocycles. The maximum absolute atomic E-state index is 13.0. The first-order valence-corrected chi connectivity index (χ1v) is 9.48. The Kier molecular flexibility index (Phi) is 5.67. The molecule has 0 unspecified atom stereocenters. The van der Waals surface area contributed by atoms with Gasteiger partial charge < -0.3 is 4.74 Å². The molecule has 31 heavy (non-hydrogen) atoms. The van der Waals surface area contributed by atoms with Crippen molar-refractivity contribution < 1.29 is 23.1 Å². The van der Waals surface area contributed by atoms with Gasteiger partial charge in [-0.05, 0) is 97.1 Å². The van der Waals surface area contributed by atoms with E-state index in [1.807, 2.05) is 0 Å². The summed E-state index contributed by atoms with van der Waals surface area (Å²) >= 11 is 0. The van der Waals surface area contributed by atoms with Gasteiger partial charge in [-0.1, -0.05) is 0 Å². The number of carbonyl (C=O) groups is 2. The van der Waals surface area contributed by atoms with Crippen LogP contribution in [0, 0.1) is 11.6 Å². The van der Waals surface area contributed by atoms with Crippen LogP contribution in [0.15, 0.2) is 97.1 Å². The van der Waals surface area contributed by atoms with E-state index in [2.05, 4.69) is 0 Å². The monoisotopic (exact) mass is 414 g/mol. The van der Waals surface area contributed by atoms with E-state index in [4.69, 9.17) is 4.74 Å². The number of benzene rings is 4. The Hall–Kier alpha value is -4.12. The van der Waals surface area contributed by atoms with E-state index in [0.29, 0.717) is 33.8 Å². The van der Waals surface area contributed by atoms with Gasteiger partial charge in [-0.3, -0.25) is 9.59 Å². The summed E-state index contributed by atoms with van der Waals surface area (Å²) in [5.41, 5.74) is 1.71. The van der Waals surface area contributed by atoms with Gasteiger partial charge in [0.15, 0.2) is 11.6 Å². The zero-order valence-electron chi connectivity index (χ0n) is 16.2. The van der Waals surface area contributed by atoms with Crippen molar-refractivity contribution in [1.29, 1.82) is 0 Å². The highest BCUT2D eigenvalue weighted by Gasteiger charge is 2.11. The maximum Gasteiger partial charge on any atom is 0.193 e. The molecule has 0 fully saturated rings.